The molecule has 1 N–H and O–H groups in total. The van der Waals surface area contributed by atoms with E-state index in [4.69, 9.17) is 0 Å². The third kappa shape index (κ3) is 3.15. The van der Waals surface area contributed by atoms with Crippen LogP contribution in [0.1, 0.15) is 22.4 Å². The molecule has 0 saturated heterocycles. The standard InChI is InChI=1S/C13H16N2S/c1-2-13-15-10-12(16-13)9-14-8-11-6-4-3-5-7-11/h3-7,10,14H,2,8-9H2,1H3. The van der Waals surface area contributed by atoms with Crippen molar-refractivity contribution < 1.29 is 0 Å². The first-order valence-corrected chi connectivity index (χ1v) is 6.38. The second-order valence-electron chi connectivity index (χ2n) is 3.66. The molecule has 2 rings (SSSR count). The minimum atomic E-state index is 0.909. The maximum Gasteiger partial charge on any atom is 0.0925 e. The largest absolute Gasteiger partial charge is 0.308 e. The Kier molecular flexibility index (Phi) is 4.08. The van der Waals surface area contributed by atoms with Crippen LogP contribution in [0.4, 0.5) is 0 Å². The number of aromatic nitrogens is 1. The van der Waals surface area contributed by atoms with Crippen LogP contribution < -0.4 is 5.32 Å². The Morgan fingerprint density at radius 2 is 2.00 bits per heavy atom. The molecule has 1 aromatic carbocycles. The Hall–Kier alpha value is -1.19. The molecule has 84 valence electrons. The lowest BCUT2D eigenvalue weighted by Crippen LogP contribution is -2.11. The number of hydrogen-bond donors (Lipinski definition) is 1. The van der Waals surface area contributed by atoms with Gasteiger partial charge in [-0.3, -0.25) is 0 Å². The second-order valence-corrected chi connectivity index (χ2v) is 4.86. The minimum absolute atomic E-state index is 0.909. The Balaban J connectivity index is 1.80. The van der Waals surface area contributed by atoms with Crippen LogP contribution in [0.3, 0.4) is 0 Å². The van der Waals surface area contributed by atoms with Crippen LogP contribution in [0.25, 0.3) is 0 Å². The third-order valence-electron chi connectivity index (χ3n) is 2.38. The highest BCUT2D eigenvalue weighted by molar-refractivity contribution is 7.11. The van der Waals surface area contributed by atoms with Crippen LogP contribution in [0.5, 0.6) is 0 Å². The van der Waals surface area contributed by atoms with Gasteiger partial charge in [-0.15, -0.1) is 11.3 Å². The van der Waals surface area contributed by atoms with E-state index in [1.165, 1.54) is 15.4 Å². The molecule has 0 aliphatic rings. The van der Waals surface area contributed by atoms with Crippen molar-refractivity contribution in [1.82, 2.24) is 10.3 Å². The summed E-state index contributed by atoms with van der Waals surface area (Å²) in [6.45, 7) is 3.97. The highest BCUT2D eigenvalue weighted by Gasteiger charge is 1.99. The molecule has 2 nitrogen and oxygen atoms in total. The summed E-state index contributed by atoms with van der Waals surface area (Å²) in [4.78, 5) is 5.65. The van der Waals surface area contributed by atoms with Gasteiger partial charge in [0.1, 0.15) is 0 Å². The van der Waals surface area contributed by atoms with E-state index in [2.05, 4.69) is 41.5 Å². The summed E-state index contributed by atoms with van der Waals surface area (Å²) in [6.07, 6.45) is 3.00. The van der Waals surface area contributed by atoms with E-state index in [0.717, 1.165) is 19.5 Å². The highest BCUT2D eigenvalue weighted by Crippen LogP contribution is 2.12. The van der Waals surface area contributed by atoms with E-state index in [1.807, 2.05) is 12.3 Å². The van der Waals surface area contributed by atoms with E-state index < -0.39 is 0 Å². The van der Waals surface area contributed by atoms with Gasteiger partial charge >= 0.3 is 0 Å². The molecule has 16 heavy (non-hydrogen) atoms. The average Bonchev–Trinajstić information content (AvgIpc) is 2.78. The van der Waals surface area contributed by atoms with Gasteiger partial charge in [-0.1, -0.05) is 37.3 Å². The molecule has 0 unspecified atom stereocenters. The van der Waals surface area contributed by atoms with Gasteiger partial charge in [-0.25, -0.2) is 4.98 Å². The fourth-order valence-corrected chi connectivity index (χ4v) is 2.35. The van der Waals surface area contributed by atoms with Gasteiger partial charge in [-0.05, 0) is 12.0 Å². The fraction of sp³-hybridized carbons (Fsp3) is 0.308. The monoisotopic (exact) mass is 232 g/mol. The second kappa shape index (κ2) is 5.77. The van der Waals surface area contributed by atoms with E-state index in [0.29, 0.717) is 0 Å². The zero-order valence-electron chi connectivity index (χ0n) is 9.44. The quantitative estimate of drug-likeness (QED) is 0.857. The van der Waals surface area contributed by atoms with Crippen LogP contribution in [0.2, 0.25) is 0 Å². The maximum atomic E-state index is 4.34. The van der Waals surface area contributed by atoms with Crippen LogP contribution in [-0.2, 0) is 19.5 Å². The lowest BCUT2D eigenvalue weighted by molar-refractivity contribution is 0.700. The molecule has 1 aromatic heterocycles. The van der Waals surface area contributed by atoms with E-state index >= 15 is 0 Å². The first-order valence-electron chi connectivity index (χ1n) is 5.56. The van der Waals surface area contributed by atoms with Crippen molar-refractivity contribution in [3.63, 3.8) is 0 Å². The van der Waals surface area contributed by atoms with Gasteiger partial charge in [0, 0.05) is 24.2 Å². The summed E-state index contributed by atoms with van der Waals surface area (Å²) in [5, 5.41) is 4.64. The van der Waals surface area contributed by atoms with E-state index in [9.17, 15) is 0 Å². The lowest BCUT2D eigenvalue weighted by atomic mass is 10.2. The number of nitrogens with one attached hydrogen (secondary N) is 1. The molecular formula is C13H16N2S. The summed E-state index contributed by atoms with van der Waals surface area (Å²) in [7, 11) is 0. The van der Waals surface area contributed by atoms with Crippen molar-refractivity contribution in [2.75, 3.05) is 0 Å². The number of aryl methyl sites for hydroxylation is 1. The SMILES string of the molecule is CCc1ncc(CNCc2ccccc2)s1. The number of rotatable bonds is 5. The van der Waals surface area contributed by atoms with Crippen molar-refractivity contribution in [3.05, 3.63) is 52.0 Å². The number of nitrogens with zero attached hydrogens (tertiary/aromatic N) is 1. The molecule has 0 bridgehead atoms. The van der Waals surface area contributed by atoms with Gasteiger partial charge in [0.05, 0.1) is 5.01 Å². The molecule has 0 aliphatic carbocycles. The summed E-state index contributed by atoms with van der Waals surface area (Å²) in [6, 6.07) is 10.5. The van der Waals surface area contributed by atoms with E-state index in [-0.39, 0.29) is 0 Å². The summed E-state index contributed by atoms with van der Waals surface area (Å²) < 4.78 is 0. The zero-order chi connectivity index (χ0) is 11.2. The number of benzene rings is 1. The van der Waals surface area contributed by atoms with Crippen LogP contribution >= 0.6 is 11.3 Å². The van der Waals surface area contributed by atoms with Crippen LogP contribution in [0.15, 0.2) is 36.5 Å². The third-order valence-corrected chi connectivity index (χ3v) is 3.52. The van der Waals surface area contributed by atoms with E-state index in [1.54, 1.807) is 11.3 Å². The molecule has 0 saturated carbocycles. The van der Waals surface area contributed by atoms with Crippen molar-refractivity contribution >= 4 is 11.3 Å². The molecule has 0 atom stereocenters. The Labute approximate surface area is 100 Å². The first kappa shape index (κ1) is 11.3. The van der Waals surface area contributed by atoms with Gasteiger partial charge in [-0.2, -0.15) is 0 Å². The van der Waals surface area contributed by atoms with Crippen molar-refractivity contribution in [2.45, 2.75) is 26.4 Å². The van der Waals surface area contributed by atoms with Gasteiger partial charge in [0.15, 0.2) is 0 Å². The maximum absolute atomic E-state index is 4.34. The smallest absolute Gasteiger partial charge is 0.0925 e. The predicted molar refractivity (Wildman–Crippen MR) is 68.5 cm³/mol. The number of thiazole rings is 1. The molecule has 0 fully saturated rings. The highest BCUT2D eigenvalue weighted by atomic mass is 32.1. The zero-order valence-corrected chi connectivity index (χ0v) is 10.3. The Morgan fingerprint density at radius 1 is 1.19 bits per heavy atom. The Morgan fingerprint density at radius 3 is 2.69 bits per heavy atom. The molecule has 1 heterocycles. The molecule has 3 heteroatoms. The topological polar surface area (TPSA) is 24.9 Å². The summed E-state index contributed by atoms with van der Waals surface area (Å²) >= 11 is 1.79. The first-order chi connectivity index (χ1) is 7.88. The predicted octanol–water partition coefficient (Wildman–Crippen LogP) is 3.00. The minimum Gasteiger partial charge on any atom is -0.308 e. The average molecular weight is 232 g/mol. The van der Waals surface area contributed by atoms with Crippen LogP contribution in [-0.4, -0.2) is 4.98 Å². The van der Waals surface area contributed by atoms with Crippen molar-refractivity contribution in [1.29, 1.82) is 0 Å². The molecule has 0 aliphatic heterocycles. The Bertz CT molecular complexity index is 423. The molecular weight excluding hydrogens is 216 g/mol. The molecule has 0 amide bonds. The molecule has 2 aromatic rings. The van der Waals surface area contributed by atoms with Gasteiger partial charge in [0.2, 0.25) is 0 Å². The van der Waals surface area contributed by atoms with Crippen LogP contribution in [0, 0.1) is 0 Å². The van der Waals surface area contributed by atoms with Crippen molar-refractivity contribution in [3.8, 4) is 0 Å². The van der Waals surface area contributed by atoms with Crippen molar-refractivity contribution in [2.24, 2.45) is 0 Å². The van der Waals surface area contributed by atoms with Gasteiger partial charge in [0.25, 0.3) is 0 Å². The number of hydrogen-bond acceptors (Lipinski definition) is 3. The summed E-state index contributed by atoms with van der Waals surface area (Å²) in [5.41, 5.74) is 1.32. The lowest BCUT2D eigenvalue weighted by Gasteiger charge is -2.02. The normalized spacial score (nSPS) is 10.6. The van der Waals surface area contributed by atoms with Gasteiger partial charge < -0.3 is 5.32 Å². The summed E-state index contributed by atoms with van der Waals surface area (Å²) in [5.74, 6) is 0. The fourth-order valence-electron chi connectivity index (χ4n) is 1.52. The molecule has 0 spiro atoms. The molecule has 0 radical (unpaired) electrons.